The summed E-state index contributed by atoms with van der Waals surface area (Å²) in [5, 5.41) is 0. The molecule has 0 saturated heterocycles. The Labute approximate surface area is 420 Å². The van der Waals surface area contributed by atoms with E-state index in [4.69, 9.17) is 14.2 Å². The number of unbranched alkanes of at least 4 members (excludes halogenated alkanes) is 29. The van der Waals surface area contributed by atoms with E-state index in [1.807, 2.05) is 18.2 Å². The van der Waals surface area contributed by atoms with Crippen LogP contribution >= 0.6 is 0 Å². The van der Waals surface area contributed by atoms with Crippen molar-refractivity contribution in [3.63, 3.8) is 0 Å². The average Bonchev–Trinajstić information content (AvgIpc) is 3.34. The number of esters is 3. The lowest BCUT2D eigenvalue weighted by molar-refractivity contribution is -0.167. The molecule has 0 fully saturated rings. The van der Waals surface area contributed by atoms with Crippen molar-refractivity contribution in [2.75, 3.05) is 13.2 Å². The van der Waals surface area contributed by atoms with E-state index >= 15 is 0 Å². The second-order valence-electron chi connectivity index (χ2n) is 18.9. The Morgan fingerprint density at radius 3 is 1.07 bits per heavy atom. The number of carbonyl (C=O) groups excluding carboxylic acids is 3. The summed E-state index contributed by atoms with van der Waals surface area (Å²) in [5.74, 6) is -0.973. The van der Waals surface area contributed by atoms with Crippen LogP contribution in [0.2, 0.25) is 0 Å². The fourth-order valence-corrected chi connectivity index (χ4v) is 7.94. The first-order chi connectivity index (χ1) is 33.5. The molecule has 0 amide bonds. The van der Waals surface area contributed by atoms with Crippen molar-refractivity contribution >= 4 is 17.9 Å². The van der Waals surface area contributed by atoms with Crippen LogP contribution in [0, 0.1) is 0 Å². The maximum absolute atomic E-state index is 12.8. The highest BCUT2D eigenvalue weighted by Gasteiger charge is 2.19. The van der Waals surface area contributed by atoms with Crippen molar-refractivity contribution in [3.8, 4) is 0 Å². The van der Waals surface area contributed by atoms with Gasteiger partial charge >= 0.3 is 17.9 Å². The van der Waals surface area contributed by atoms with Crippen molar-refractivity contribution in [2.45, 2.75) is 277 Å². The van der Waals surface area contributed by atoms with Crippen LogP contribution in [-0.4, -0.2) is 37.2 Å². The van der Waals surface area contributed by atoms with Crippen LogP contribution in [0.25, 0.3) is 0 Å². The van der Waals surface area contributed by atoms with Crippen LogP contribution in [0.4, 0.5) is 0 Å². The van der Waals surface area contributed by atoms with E-state index in [9.17, 15) is 14.4 Å². The van der Waals surface area contributed by atoms with Gasteiger partial charge in [0.25, 0.3) is 0 Å². The molecular formula is C62H106O6. The van der Waals surface area contributed by atoms with Crippen molar-refractivity contribution in [2.24, 2.45) is 0 Å². The molecule has 0 aromatic carbocycles. The maximum atomic E-state index is 12.8. The first kappa shape index (κ1) is 64.6. The largest absolute Gasteiger partial charge is 0.462 e. The van der Waals surface area contributed by atoms with Gasteiger partial charge in [-0.05, 0) is 70.6 Å². The molecule has 1 atom stereocenters. The topological polar surface area (TPSA) is 78.9 Å². The third-order valence-corrected chi connectivity index (χ3v) is 12.2. The lowest BCUT2D eigenvalue weighted by Gasteiger charge is -2.18. The number of ether oxygens (including phenoxy) is 3. The average molecular weight is 948 g/mol. The Morgan fingerprint density at radius 1 is 0.324 bits per heavy atom. The smallest absolute Gasteiger partial charge is 0.306 e. The Hall–Kier alpha value is -3.41. The number of allylic oxidation sites excluding steroid dienone is 14. The van der Waals surface area contributed by atoms with Crippen LogP contribution in [0.15, 0.2) is 85.1 Å². The fourth-order valence-electron chi connectivity index (χ4n) is 7.94. The fraction of sp³-hybridized carbons (Fsp3) is 0.726. The summed E-state index contributed by atoms with van der Waals surface area (Å²) in [6, 6.07) is 0. The van der Waals surface area contributed by atoms with E-state index in [1.165, 1.54) is 141 Å². The Morgan fingerprint density at radius 2 is 0.647 bits per heavy atom. The summed E-state index contributed by atoms with van der Waals surface area (Å²) in [6.45, 7) is 6.45. The number of rotatable bonds is 51. The van der Waals surface area contributed by atoms with Gasteiger partial charge in [-0.25, -0.2) is 0 Å². The van der Waals surface area contributed by atoms with E-state index < -0.39 is 6.10 Å². The van der Waals surface area contributed by atoms with Crippen LogP contribution in [-0.2, 0) is 28.6 Å². The number of carbonyl (C=O) groups is 3. The number of hydrogen-bond donors (Lipinski definition) is 0. The van der Waals surface area contributed by atoms with Crippen molar-refractivity contribution in [1.82, 2.24) is 0 Å². The highest BCUT2D eigenvalue weighted by Crippen LogP contribution is 2.16. The monoisotopic (exact) mass is 947 g/mol. The van der Waals surface area contributed by atoms with Crippen LogP contribution in [0.1, 0.15) is 271 Å². The lowest BCUT2D eigenvalue weighted by Crippen LogP contribution is -2.30. The standard InChI is InChI=1S/C62H106O6/c1-4-7-10-13-16-19-22-25-28-30-32-34-37-40-43-46-49-52-55-61(64)67-58-59(57-66-60(63)54-51-48-45-42-39-36-33-27-24-21-18-15-12-9-6-3)68-62(65)56-53-50-47-44-41-38-35-31-29-26-23-20-17-14-11-8-5-2/h9,12,15,18,21,24,26-27,29,33,35,38,44,47,59H,4-8,10-11,13-14,16-17,19-20,22-23,25,28,30-32,34,36-37,39-43,45-46,48-58H2,1-3H3/b12-9-,18-15-,24-21-,29-26-,33-27-,38-35-,47-44-. The zero-order chi connectivity index (χ0) is 49.3. The van der Waals surface area contributed by atoms with Gasteiger partial charge in [0.2, 0.25) is 0 Å². The molecule has 6 nitrogen and oxygen atoms in total. The first-order valence-corrected chi connectivity index (χ1v) is 28.6. The zero-order valence-electron chi connectivity index (χ0n) is 44.6. The van der Waals surface area contributed by atoms with Crippen LogP contribution in [0.3, 0.4) is 0 Å². The van der Waals surface area contributed by atoms with Gasteiger partial charge in [0, 0.05) is 19.3 Å². The third kappa shape index (κ3) is 53.5. The first-order valence-electron chi connectivity index (χ1n) is 28.6. The minimum absolute atomic E-state index is 0.103. The normalized spacial score (nSPS) is 12.7. The van der Waals surface area contributed by atoms with Crippen molar-refractivity contribution in [1.29, 1.82) is 0 Å². The molecule has 0 aliphatic heterocycles. The van der Waals surface area contributed by atoms with E-state index in [0.717, 1.165) is 83.5 Å². The highest BCUT2D eigenvalue weighted by atomic mass is 16.6. The molecule has 68 heavy (non-hydrogen) atoms. The van der Waals surface area contributed by atoms with E-state index in [0.29, 0.717) is 19.3 Å². The summed E-state index contributed by atoms with van der Waals surface area (Å²) in [7, 11) is 0. The van der Waals surface area contributed by atoms with E-state index in [-0.39, 0.29) is 37.5 Å². The molecule has 0 N–H and O–H groups in total. The summed E-state index contributed by atoms with van der Waals surface area (Å²) in [6.07, 6.45) is 72.9. The minimum Gasteiger partial charge on any atom is -0.462 e. The molecular weight excluding hydrogens is 841 g/mol. The van der Waals surface area contributed by atoms with Gasteiger partial charge < -0.3 is 14.2 Å². The molecule has 6 heteroatoms. The zero-order valence-corrected chi connectivity index (χ0v) is 44.6. The molecule has 1 unspecified atom stereocenters. The molecule has 0 saturated carbocycles. The van der Waals surface area contributed by atoms with Crippen LogP contribution < -0.4 is 0 Å². The molecule has 0 heterocycles. The summed E-state index contributed by atoms with van der Waals surface area (Å²) < 4.78 is 16.8. The Bertz CT molecular complexity index is 1320. The van der Waals surface area contributed by atoms with Crippen molar-refractivity contribution < 1.29 is 28.6 Å². The molecule has 0 bridgehead atoms. The molecule has 0 aliphatic rings. The predicted octanol–water partition coefficient (Wildman–Crippen LogP) is 19.2. The maximum Gasteiger partial charge on any atom is 0.306 e. The predicted molar refractivity (Wildman–Crippen MR) is 293 cm³/mol. The van der Waals surface area contributed by atoms with Gasteiger partial charge in [-0.3, -0.25) is 14.4 Å². The molecule has 0 aliphatic carbocycles. The molecule has 0 radical (unpaired) electrons. The van der Waals surface area contributed by atoms with Gasteiger partial charge in [-0.15, -0.1) is 0 Å². The quantitative estimate of drug-likeness (QED) is 0.0199. The van der Waals surface area contributed by atoms with E-state index in [2.05, 4.69) is 87.6 Å². The second-order valence-corrected chi connectivity index (χ2v) is 18.9. The Kier molecular flexibility index (Phi) is 53.4. The third-order valence-electron chi connectivity index (χ3n) is 12.2. The van der Waals surface area contributed by atoms with Gasteiger partial charge in [0.1, 0.15) is 13.2 Å². The van der Waals surface area contributed by atoms with Gasteiger partial charge in [-0.2, -0.15) is 0 Å². The SMILES string of the molecule is CC\C=C/C=C\C=C/C=C\CCCCCCCC(=O)OCC(COC(=O)CCCCCCCCCCCCCCCCCCCC)OC(=O)CCC/C=C\C/C=C\C/C=C\CCCCCCCC. The highest BCUT2D eigenvalue weighted by molar-refractivity contribution is 5.71. The Balaban J connectivity index is 4.47. The van der Waals surface area contributed by atoms with Gasteiger partial charge in [-0.1, -0.05) is 266 Å². The molecule has 0 rings (SSSR count). The molecule has 390 valence electrons. The second kappa shape index (κ2) is 56.2. The van der Waals surface area contributed by atoms with Crippen molar-refractivity contribution in [3.05, 3.63) is 85.1 Å². The molecule has 0 spiro atoms. The molecule has 0 aromatic rings. The van der Waals surface area contributed by atoms with Crippen LogP contribution in [0.5, 0.6) is 0 Å². The molecule has 0 aromatic heterocycles. The summed E-state index contributed by atoms with van der Waals surface area (Å²) in [5.41, 5.74) is 0. The minimum atomic E-state index is -0.812. The van der Waals surface area contributed by atoms with Gasteiger partial charge in [0.05, 0.1) is 0 Å². The van der Waals surface area contributed by atoms with Gasteiger partial charge in [0.15, 0.2) is 6.10 Å². The summed E-state index contributed by atoms with van der Waals surface area (Å²) >= 11 is 0. The lowest BCUT2D eigenvalue weighted by atomic mass is 10.0. The number of hydrogen-bond acceptors (Lipinski definition) is 6. The van der Waals surface area contributed by atoms with E-state index in [1.54, 1.807) is 0 Å². The summed E-state index contributed by atoms with van der Waals surface area (Å²) in [4.78, 5) is 38.1.